The largest absolute Gasteiger partial charge is 0.756 e. The van der Waals surface area contributed by atoms with Gasteiger partial charge in [0.2, 0.25) is 0 Å². The number of phosphoric acid groups is 1. The molecular weight excluding hydrogens is 701 g/mol. The molecule has 0 aliphatic carbocycles. The number of likely N-dealkylation sites (N-methyl/N-ethyl adjacent to an activating group) is 1. The smallest absolute Gasteiger partial charge is 0.306 e. The molecule has 0 aromatic rings. The van der Waals surface area contributed by atoms with Crippen molar-refractivity contribution in [1.82, 2.24) is 0 Å². The van der Waals surface area contributed by atoms with Crippen molar-refractivity contribution in [2.45, 2.75) is 225 Å². The lowest BCUT2D eigenvalue weighted by Crippen LogP contribution is -2.37. The molecule has 10 heteroatoms. The zero-order chi connectivity index (χ0) is 71.2. The van der Waals surface area contributed by atoms with Crippen LogP contribution in [0.1, 0.15) is 266 Å². The second-order valence-corrected chi connectivity index (χ2v) is 14.4. The van der Waals surface area contributed by atoms with Gasteiger partial charge < -0.3 is 27.9 Å². The molecule has 0 radical (unpaired) electrons. The van der Waals surface area contributed by atoms with Gasteiger partial charge in [-0.1, -0.05) is 193 Å². The summed E-state index contributed by atoms with van der Waals surface area (Å²) in [6.45, 7) is -4.98. The van der Waals surface area contributed by atoms with Crippen molar-refractivity contribution in [1.29, 1.82) is 0 Å². The van der Waals surface area contributed by atoms with Gasteiger partial charge in [-0.25, -0.2) is 0 Å². The molecule has 0 N–H and O–H groups in total. The second kappa shape index (κ2) is 37.6. The Bertz CT molecular complexity index is 2330. The molecule has 1 unspecified atom stereocenters. The first kappa shape index (κ1) is 18.9. The average molecular weight is 825 g/mol. The quantitative estimate of drug-likeness (QED) is 0.0259. The van der Waals surface area contributed by atoms with Gasteiger partial charge in [0, 0.05) is 60.8 Å². The van der Waals surface area contributed by atoms with E-state index < -0.39 is 155 Å². The Labute approximate surface area is 383 Å². The molecule has 54 heavy (non-hydrogen) atoms. The Kier molecular flexibility index (Phi) is 13.2. The van der Waals surface area contributed by atoms with Gasteiger partial charge in [-0.15, -0.1) is 0 Å². The monoisotopic (exact) mass is 825 g/mol. The summed E-state index contributed by atoms with van der Waals surface area (Å²) in [5.74, 6) is -3.56. The second-order valence-electron chi connectivity index (χ2n) is 13.0. The van der Waals surface area contributed by atoms with Crippen molar-refractivity contribution in [2.24, 2.45) is 0 Å². The third kappa shape index (κ3) is 40.7. The fraction of sp³-hybridized carbons (Fsp3) is 0.955. The molecule has 0 aromatic carbocycles. The van der Waals surface area contributed by atoms with E-state index in [9.17, 15) is 19.0 Å². The topological polar surface area (TPSA) is 111 Å². The van der Waals surface area contributed by atoms with Crippen LogP contribution in [0.5, 0.6) is 0 Å². The number of quaternary nitrogens is 1. The molecule has 322 valence electrons. The number of carbonyl (C=O) groups excluding carboxylic acids is 2. The molecular formula is C44H88NO8P. The van der Waals surface area contributed by atoms with Crippen LogP contribution in [0, 0.1) is 0 Å². The van der Waals surface area contributed by atoms with E-state index in [0.717, 1.165) is 38.5 Å². The summed E-state index contributed by atoms with van der Waals surface area (Å²) in [5.41, 5.74) is 0. The summed E-state index contributed by atoms with van der Waals surface area (Å²) in [7, 11) is -0.370. The minimum absolute atomic E-state index is 0.0775. The van der Waals surface area contributed by atoms with E-state index in [1.165, 1.54) is 44.9 Å². The van der Waals surface area contributed by atoms with Gasteiger partial charge in [0.1, 0.15) is 19.8 Å². The Morgan fingerprint density at radius 3 is 1.54 bits per heavy atom. The number of esters is 2. The molecule has 0 aromatic heterocycles. The van der Waals surface area contributed by atoms with Gasteiger partial charge in [0.05, 0.1) is 27.7 Å². The lowest BCUT2D eigenvalue weighted by Gasteiger charge is -2.28. The highest BCUT2D eigenvalue weighted by atomic mass is 31.2. The van der Waals surface area contributed by atoms with Gasteiger partial charge in [-0.05, 0) is 12.8 Å². The van der Waals surface area contributed by atoms with Crippen molar-refractivity contribution in [2.75, 3.05) is 47.5 Å². The van der Waals surface area contributed by atoms with Crippen LogP contribution < -0.4 is 4.89 Å². The summed E-state index contributed by atoms with van der Waals surface area (Å²) in [6.07, 6.45) is -69.0. The molecule has 2 atom stereocenters. The summed E-state index contributed by atoms with van der Waals surface area (Å²) in [6, 6.07) is 0. The number of carbonyl (C=O) groups is 2. The first-order valence-electron chi connectivity index (χ1n) is 35.9. The molecule has 0 heterocycles. The third-order valence-corrected chi connectivity index (χ3v) is 8.12. The number of unbranched alkanes of at least 4 members (excludes halogenated alkanes) is 14. The van der Waals surface area contributed by atoms with Crippen LogP contribution in [0.2, 0.25) is 0 Å². The predicted molar refractivity (Wildman–Crippen MR) is 222 cm³/mol. The molecule has 0 aliphatic heterocycles. The lowest BCUT2D eigenvalue weighted by atomic mass is 10.0. The van der Waals surface area contributed by atoms with Crippen molar-refractivity contribution in [3.05, 3.63) is 0 Å². The van der Waals surface area contributed by atoms with Crippen LogP contribution in [0.15, 0.2) is 0 Å². The van der Waals surface area contributed by atoms with E-state index in [4.69, 9.17) is 66.5 Å². The average Bonchev–Trinajstić information content (AvgIpc) is 0.690. The fourth-order valence-electron chi connectivity index (χ4n) is 4.32. The van der Waals surface area contributed by atoms with Crippen LogP contribution in [0.25, 0.3) is 0 Å². The maximum absolute atomic E-state index is 13.7. The number of hydrogen-bond acceptors (Lipinski definition) is 8. The Morgan fingerprint density at radius 1 is 0.630 bits per heavy atom. The van der Waals surface area contributed by atoms with Crippen molar-refractivity contribution < 1.29 is 90.0 Å². The highest BCUT2D eigenvalue weighted by Gasteiger charge is 2.21. The number of hydrogen-bond donors (Lipinski definition) is 0. The Hall–Kier alpha value is -0.990. The minimum atomic E-state index is -5.37. The molecule has 0 fully saturated rings. The van der Waals surface area contributed by atoms with Gasteiger partial charge in [-0.3, -0.25) is 14.2 Å². The van der Waals surface area contributed by atoms with Gasteiger partial charge in [-0.2, -0.15) is 0 Å². The predicted octanol–water partition coefficient (Wildman–Crippen LogP) is 12.2. The number of nitrogens with zero attached hydrogens (tertiary/aromatic N) is 1. The number of phosphoric ester groups is 1. The first-order chi connectivity index (χ1) is 39.2. The molecule has 0 spiro atoms. The lowest BCUT2D eigenvalue weighted by molar-refractivity contribution is -0.870. The zero-order valence-electron chi connectivity index (χ0n) is 67.4. The Morgan fingerprint density at radius 2 is 1.07 bits per heavy atom. The van der Waals surface area contributed by atoms with Gasteiger partial charge >= 0.3 is 11.9 Å². The fourth-order valence-corrected chi connectivity index (χ4v) is 5.05. The first-order valence-corrected chi connectivity index (χ1v) is 19.9. The van der Waals surface area contributed by atoms with Crippen LogP contribution in [-0.4, -0.2) is 70.0 Å². The van der Waals surface area contributed by atoms with Crippen molar-refractivity contribution in [3.63, 3.8) is 0 Å². The van der Waals surface area contributed by atoms with Gasteiger partial charge in [0.15, 0.2) is 6.10 Å². The number of rotatable bonds is 42. The van der Waals surface area contributed by atoms with Crippen LogP contribution in [-0.2, 0) is 32.7 Å². The molecule has 0 amide bonds. The van der Waals surface area contributed by atoms with E-state index in [1.54, 1.807) is 21.1 Å². The molecule has 0 bridgehead atoms. The van der Waals surface area contributed by atoms with Crippen molar-refractivity contribution >= 4 is 19.8 Å². The van der Waals surface area contributed by atoms with Crippen LogP contribution >= 0.6 is 7.82 Å². The number of ether oxygens (including phenoxy) is 2. The zero-order valence-corrected chi connectivity index (χ0v) is 33.3. The van der Waals surface area contributed by atoms with E-state index in [2.05, 4.69) is 6.92 Å². The molecule has 9 nitrogen and oxygen atoms in total. The van der Waals surface area contributed by atoms with E-state index >= 15 is 0 Å². The van der Waals surface area contributed by atoms with Crippen LogP contribution in [0.4, 0.5) is 0 Å². The maximum atomic E-state index is 13.7. The maximum Gasteiger partial charge on any atom is 0.306 e. The summed E-state index contributed by atoms with van der Waals surface area (Å²) in [5, 5.41) is 0. The molecule has 0 aliphatic rings. The highest BCUT2D eigenvalue weighted by Crippen LogP contribution is 2.38. The van der Waals surface area contributed by atoms with E-state index in [-0.39, 0.29) is 23.9 Å². The van der Waals surface area contributed by atoms with Crippen molar-refractivity contribution in [3.8, 4) is 0 Å². The standard InChI is InChI=1S/C44H88NO8P/c1-6-8-10-12-14-16-18-20-22-24-26-28-30-32-34-36-43(46)50-40-42(41-52-54(48,49)51-39-38-45(3,4)5)53-44(47)37-35-33-31-29-27-25-23-21-19-17-15-13-11-9-7-2/h42H,6-41H2,1-5H3/t42-/m1/s1/i2D3,7D2,9D2,11D2,13D2,15D2,17D2,19D2,21D2,23D2,25D2,27D2,29D2,31D2,33D2,35D2,37D2. The minimum Gasteiger partial charge on any atom is -0.756 e. The summed E-state index contributed by atoms with van der Waals surface area (Å²) < 4.78 is 322. The van der Waals surface area contributed by atoms with Gasteiger partial charge in [0.25, 0.3) is 7.82 Å². The SMILES string of the molecule is [2H]C([2H])([2H])C([2H])([2H])C([2H])([2H])C([2H])([2H])C([2H])([2H])C([2H])([2H])C([2H])([2H])C([2H])([2H])C([2H])([2H])C([2H])([2H])C([2H])([2H])C([2H])([2H])C([2H])([2H])C([2H])([2H])C([2H])([2H])C([2H])([2H])C([2H])([2H])C(=O)O[C@H](COC(=O)CCCCCCCCCCCCCCCCC)COP(=O)([O-])OCC[N+](C)(C)C. The molecule has 0 rings (SSSR count). The molecule has 0 saturated heterocycles. The molecule has 0 saturated carbocycles. The third-order valence-electron chi connectivity index (χ3n) is 7.16. The summed E-state index contributed by atoms with van der Waals surface area (Å²) >= 11 is 0. The van der Waals surface area contributed by atoms with E-state index in [0.29, 0.717) is 6.42 Å². The van der Waals surface area contributed by atoms with E-state index in [1.807, 2.05) is 0 Å². The normalized spacial score (nSPS) is 27.6. The van der Waals surface area contributed by atoms with Crippen LogP contribution in [0.3, 0.4) is 0 Å². The highest BCUT2D eigenvalue weighted by molar-refractivity contribution is 7.45. The summed E-state index contributed by atoms with van der Waals surface area (Å²) in [4.78, 5) is 39.2. The Balaban J connectivity index is 7.08.